The number of amides is 2. The fourth-order valence-corrected chi connectivity index (χ4v) is 5.59. The number of rotatable bonds is 14. The Labute approximate surface area is 263 Å². The molecule has 1 aliphatic heterocycles. The van der Waals surface area contributed by atoms with Gasteiger partial charge in [-0.25, -0.2) is 13.2 Å². The van der Waals surface area contributed by atoms with Gasteiger partial charge in [0.05, 0.1) is 23.5 Å². The summed E-state index contributed by atoms with van der Waals surface area (Å²) >= 11 is 0. The summed E-state index contributed by atoms with van der Waals surface area (Å²) in [7, 11) is -3.75. The second kappa shape index (κ2) is 15.6. The maximum Gasteiger partial charge on any atom is 0.335 e. The lowest BCUT2D eigenvalue weighted by atomic mass is 9.99. The summed E-state index contributed by atoms with van der Waals surface area (Å²) in [6.45, 7) is 3.71. The highest BCUT2D eigenvalue weighted by Crippen LogP contribution is 2.22. The van der Waals surface area contributed by atoms with Gasteiger partial charge >= 0.3 is 5.97 Å². The van der Waals surface area contributed by atoms with Crippen LogP contribution in [0.15, 0.2) is 78.9 Å². The van der Waals surface area contributed by atoms with Crippen molar-refractivity contribution >= 4 is 33.5 Å². The van der Waals surface area contributed by atoms with Gasteiger partial charge in [-0.05, 0) is 68.9 Å². The highest BCUT2D eigenvalue weighted by atomic mass is 32.2. The van der Waals surface area contributed by atoms with Crippen LogP contribution >= 0.6 is 0 Å². The Morgan fingerprint density at radius 2 is 1.56 bits per heavy atom. The lowest BCUT2D eigenvalue weighted by molar-refractivity contribution is -0.204. The molecular formula is C33H39N3O8S. The van der Waals surface area contributed by atoms with Crippen molar-refractivity contribution in [1.29, 1.82) is 0 Å². The number of aliphatic carboxylic acids is 1. The van der Waals surface area contributed by atoms with Gasteiger partial charge in [0.15, 0.2) is 12.4 Å². The van der Waals surface area contributed by atoms with Gasteiger partial charge in [0, 0.05) is 17.7 Å². The van der Waals surface area contributed by atoms with Crippen LogP contribution in [-0.2, 0) is 30.7 Å². The summed E-state index contributed by atoms with van der Waals surface area (Å²) in [6, 6.07) is 20.9. The molecule has 0 bridgehead atoms. The zero-order chi connectivity index (χ0) is 32.4. The molecule has 0 aliphatic carbocycles. The van der Waals surface area contributed by atoms with E-state index in [9.17, 15) is 27.9 Å². The Balaban J connectivity index is 1.65. The van der Waals surface area contributed by atoms with Crippen LogP contribution in [0, 0.1) is 0 Å². The van der Waals surface area contributed by atoms with Crippen molar-refractivity contribution in [3.63, 3.8) is 0 Å². The molecule has 4 N–H and O–H groups in total. The molecule has 0 spiro atoms. The second-order valence-corrected chi connectivity index (χ2v) is 12.9. The third-order valence-electron chi connectivity index (χ3n) is 7.42. The number of ether oxygens (including phenoxy) is 2. The van der Waals surface area contributed by atoms with Gasteiger partial charge in [0.1, 0.15) is 0 Å². The molecule has 1 unspecified atom stereocenters. The van der Waals surface area contributed by atoms with E-state index in [1.807, 2.05) is 48.5 Å². The summed E-state index contributed by atoms with van der Waals surface area (Å²) in [6.07, 6.45) is 0.133. The fraction of sp³-hybridized carbons (Fsp3) is 0.364. The highest BCUT2D eigenvalue weighted by molar-refractivity contribution is 7.92. The normalized spacial score (nSPS) is 17.0. The summed E-state index contributed by atoms with van der Waals surface area (Å²) in [5.74, 6) is -2.74. The van der Waals surface area contributed by atoms with Crippen molar-refractivity contribution in [2.24, 2.45) is 0 Å². The van der Waals surface area contributed by atoms with Gasteiger partial charge in [-0.1, -0.05) is 60.7 Å². The van der Waals surface area contributed by atoms with Gasteiger partial charge in [-0.2, -0.15) is 0 Å². The monoisotopic (exact) mass is 637 g/mol. The van der Waals surface area contributed by atoms with Crippen molar-refractivity contribution < 1.29 is 37.4 Å². The quantitative estimate of drug-likeness (QED) is 0.204. The van der Waals surface area contributed by atoms with E-state index in [0.717, 1.165) is 24.0 Å². The molecule has 240 valence electrons. The second-order valence-electron chi connectivity index (χ2n) is 10.9. The third-order valence-corrected chi connectivity index (χ3v) is 8.72. The van der Waals surface area contributed by atoms with E-state index < -0.39 is 46.2 Å². The largest absolute Gasteiger partial charge is 0.479 e. The summed E-state index contributed by atoms with van der Waals surface area (Å²) in [5.41, 5.74) is 1.64. The number of carbonyl (C=O) groups excluding carboxylic acids is 2. The van der Waals surface area contributed by atoms with E-state index in [4.69, 9.17) is 9.47 Å². The number of carboxylic acid groups (broad SMARTS) is 1. The van der Waals surface area contributed by atoms with Crippen molar-refractivity contribution in [1.82, 2.24) is 10.6 Å². The lowest BCUT2D eigenvalue weighted by Gasteiger charge is -2.31. The first-order valence-electron chi connectivity index (χ1n) is 14.9. The minimum Gasteiger partial charge on any atom is -0.479 e. The van der Waals surface area contributed by atoms with Crippen LogP contribution in [0.1, 0.15) is 71.0 Å². The van der Waals surface area contributed by atoms with E-state index in [1.165, 1.54) is 25.1 Å². The van der Waals surface area contributed by atoms with Crippen LogP contribution in [0.2, 0.25) is 0 Å². The molecule has 1 fully saturated rings. The summed E-state index contributed by atoms with van der Waals surface area (Å²) < 4.78 is 38.8. The van der Waals surface area contributed by atoms with Gasteiger partial charge in [-0.3, -0.25) is 14.3 Å². The number of sulfonamides is 1. The number of hydrogen-bond acceptors (Lipinski definition) is 7. The molecule has 0 radical (unpaired) electrons. The van der Waals surface area contributed by atoms with Gasteiger partial charge in [0.25, 0.3) is 11.8 Å². The molecule has 1 saturated heterocycles. The van der Waals surface area contributed by atoms with Gasteiger partial charge < -0.3 is 25.2 Å². The molecular weight excluding hydrogens is 598 g/mol. The smallest absolute Gasteiger partial charge is 0.335 e. The number of benzene rings is 3. The first-order valence-corrected chi connectivity index (χ1v) is 16.6. The van der Waals surface area contributed by atoms with Crippen LogP contribution in [0.5, 0.6) is 0 Å². The summed E-state index contributed by atoms with van der Waals surface area (Å²) in [4.78, 5) is 39.6. The van der Waals surface area contributed by atoms with E-state index in [-0.39, 0.29) is 35.0 Å². The Morgan fingerprint density at radius 3 is 2.13 bits per heavy atom. The molecule has 3 aromatic carbocycles. The minimum atomic E-state index is -3.75. The van der Waals surface area contributed by atoms with Crippen LogP contribution in [0.25, 0.3) is 0 Å². The van der Waals surface area contributed by atoms with Gasteiger partial charge in [-0.15, -0.1) is 0 Å². The van der Waals surface area contributed by atoms with Crippen LogP contribution in [-0.4, -0.2) is 62.1 Å². The minimum absolute atomic E-state index is 0.0169. The molecule has 2 amide bonds. The number of carboxylic acids is 1. The number of carbonyl (C=O) groups is 3. The molecule has 0 aromatic heterocycles. The number of hydrogen-bond donors (Lipinski definition) is 4. The van der Waals surface area contributed by atoms with Crippen molar-refractivity contribution in [3.05, 3.63) is 101 Å². The molecule has 4 atom stereocenters. The van der Waals surface area contributed by atoms with Crippen LogP contribution < -0.4 is 15.4 Å². The number of anilines is 1. The third kappa shape index (κ3) is 9.87. The molecule has 12 heteroatoms. The first kappa shape index (κ1) is 33.6. The first-order chi connectivity index (χ1) is 21.5. The fourth-order valence-electron chi connectivity index (χ4n) is 4.97. The van der Waals surface area contributed by atoms with E-state index >= 15 is 0 Å². The van der Waals surface area contributed by atoms with Crippen LogP contribution in [0.4, 0.5) is 5.69 Å². The van der Waals surface area contributed by atoms with E-state index in [0.29, 0.717) is 13.0 Å². The van der Waals surface area contributed by atoms with Gasteiger partial charge in [0.2, 0.25) is 10.0 Å². The highest BCUT2D eigenvalue weighted by Gasteiger charge is 2.34. The van der Waals surface area contributed by atoms with Crippen LogP contribution in [0.3, 0.4) is 0 Å². The molecule has 45 heavy (non-hydrogen) atoms. The maximum atomic E-state index is 13.8. The Bertz CT molecular complexity index is 1560. The number of nitrogens with one attached hydrogen (secondary N) is 3. The molecule has 4 rings (SSSR count). The molecule has 1 aliphatic rings. The zero-order valence-corrected chi connectivity index (χ0v) is 26.1. The maximum absolute atomic E-state index is 13.8. The Kier molecular flexibility index (Phi) is 11.7. The molecule has 0 saturated carbocycles. The average Bonchev–Trinajstić information content (AvgIpc) is 3.04. The SMILES string of the molecule is CCS(=O)(=O)Nc1cc(C(=O)N[C@@H](Cc2ccccc2)[C@@H](OC2CCCCO2)C(=O)O)cc(C(=O)N[C@H](C)c2ccccc2)c1. The molecule has 11 nitrogen and oxygen atoms in total. The molecule has 1 heterocycles. The van der Waals surface area contributed by atoms with E-state index in [2.05, 4.69) is 15.4 Å². The Morgan fingerprint density at radius 1 is 0.933 bits per heavy atom. The predicted molar refractivity (Wildman–Crippen MR) is 169 cm³/mol. The van der Waals surface area contributed by atoms with Crippen molar-refractivity contribution in [3.8, 4) is 0 Å². The standard InChI is InChI=1S/C33H39N3O8S/c1-3-45(41,42)36-27-20-25(31(37)34-22(2)24-14-8-5-9-15-24)19-26(21-27)32(38)35-28(18-23-12-6-4-7-13-23)30(33(39)40)44-29-16-10-11-17-43-29/h4-9,12-15,19-22,28-30,36H,3,10-11,16-18H2,1-2H3,(H,34,37)(H,35,38)(H,39,40)/t22-,28+,29?,30-/m1/s1. The molecule has 3 aromatic rings. The van der Waals surface area contributed by atoms with E-state index in [1.54, 1.807) is 19.1 Å². The summed E-state index contributed by atoms with van der Waals surface area (Å²) in [5, 5.41) is 15.8. The van der Waals surface area contributed by atoms with Crippen molar-refractivity contribution in [2.45, 2.75) is 64.0 Å². The van der Waals surface area contributed by atoms with Crippen molar-refractivity contribution in [2.75, 3.05) is 17.1 Å². The average molecular weight is 638 g/mol. The zero-order valence-electron chi connectivity index (χ0n) is 25.3. The lowest BCUT2D eigenvalue weighted by Crippen LogP contribution is -2.51. The Hall–Kier alpha value is -4.26. The topological polar surface area (TPSA) is 160 Å². The predicted octanol–water partition coefficient (Wildman–Crippen LogP) is 4.28.